The molecule has 1 aromatic heterocycles. The summed E-state index contributed by atoms with van der Waals surface area (Å²) in [6.45, 7) is 2.61. The zero-order valence-electron chi connectivity index (χ0n) is 9.97. The van der Waals surface area contributed by atoms with Crippen LogP contribution in [0.1, 0.15) is 19.1 Å². The fraction of sp³-hybridized carbons (Fsp3) is 0.600. The Hall–Kier alpha value is -0.500. The van der Waals surface area contributed by atoms with Crippen molar-refractivity contribution in [3.05, 3.63) is 17.9 Å². The molecule has 3 N–H and O–H groups in total. The molecule has 0 aliphatic rings. The van der Waals surface area contributed by atoms with Crippen LogP contribution in [0.5, 0.6) is 0 Å². The Morgan fingerprint density at radius 3 is 2.71 bits per heavy atom. The van der Waals surface area contributed by atoms with Crippen LogP contribution in [0.3, 0.4) is 0 Å². The van der Waals surface area contributed by atoms with E-state index in [-0.39, 0.29) is 5.09 Å². The van der Waals surface area contributed by atoms with Gasteiger partial charge in [0.15, 0.2) is 0 Å². The first-order chi connectivity index (χ1) is 7.97. The molecule has 1 heterocycles. The molecule has 17 heavy (non-hydrogen) atoms. The first-order valence-electron chi connectivity index (χ1n) is 5.31. The summed E-state index contributed by atoms with van der Waals surface area (Å²) in [7, 11) is -3.73. The van der Waals surface area contributed by atoms with Crippen LogP contribution in [-0.2, 0) is 16.6 Å². The quantitative estimate of drug-likeness (QED) is 0.781. The van der Waals surface area contributed by atoms with Crippen molar-refractivity contribution in [1.82, 2.24) is 5.32 Å². The lowest BCUT2D eigenvalue weighted by Crippen LogP contribution is -2.29. The molecule has 0 saturated carbocycles. The first kappa shape index (κ1) is 14.6. The van der Waals surface area contributed by atoms with Crippen LogP contribution in [0, 0.1) is 0 Å². The average Bonchev–Trinajstić information content (AvgIpc) is 2.72. The zero-order chi connectivity index (χ0) is 12.9. The van der Waals surface area contributed by atoms with E-state index in [9.17, 15) is 8.42 Å². The Morgan fingerprint density at radius 1 is 1.53 bits per heavy atom. The molecule has 0 amide bonds. The molecule has 98 valence electrons. The molecule has 0 aliphatic heterocycles. The molecule has 0 bridgehead atoms. The summed E-state index contributed by atoms with van der Waals surface area (Å²) < 4.78 is 27.1. The molecule has 0 radical (unpaired) electrons. The summed E-state index contributed by atoms with van der Waals surface area (Å²) in [5.74, 6) is 1.59. The number of furan rings is 1. The highest BCUT2D eigenvalue weighted by Crippen LogP contribution is 2.12. The van der Waals surface area contributed by atoms with Gasteiger partial charge in [-0.25, -0.2) is 13.6 Å². The second-order valence-electron chi connectivity index (χ2n) is 3.71. The molecule has 5 nitrogen and oxygen atoms in total. The molecular formula is C10H18N2O3S2. The standard InChI is InChI=1S/C10H18N2O3S2/c1-3-8(7-16-2)12-6-9-4-5-10(15-9)17(11,13)14/h4-5,8,12H,3,6-7H2,1-2H3,(H2,11,13,14). The monoisotopic (exact) mass is 278 g/mol. The third-order valence-electron chi connectivity index (χ3n) is 2.34. The van der Waals surface area contributed by atoms with E-state index in [1.165, 1.54) is 6.07 Å². The summed E-state index contributed by atoms with van der Waals surface area (Å²) in [6.07, 6.45) is 3.07. The predicted octanol–water partition coefficient (Wildman–Crippen LogP) is 1.16. The number of sulfonamides is 1. The number of hydrogen-bond donors (Lipinski definition) is 2. The van der Waals surface area contributed by atoms with Crippen molar-refractivity contribution in [2.24, 2.45) is 5.14 Å². The van der Waals surface area contributed by atoms with Gasteiger partial charge in [-0.3, -0.25) is 0 Å². The van der Waals surface area contributed by atoms with Gasteiger partial charge in [-0.15, -0.1) is 0 Å². The van der Waals surface area contributed by atoms with Crippen molar-refractivity contribution in [2.75, 3.05) is 12.0 Å². The third kappa shape index (κ3) is 4.71. The summed E-state index contributed by atoms with van der Waals surface area (Å²) in [5, 5.41) is 8.07. The Kier molecular flexibility index (Phi) is 5.51. The highest BCUT2D eigenvalue weighted by atomic mass is 32.2. The SMILES string of the molecule is CCC(CSC)NCc1ccc(S(N)(=O)=O)o1. The Bertz CT molecular complexity index is 442. The first-order valence-corrected chi connectivity index (χ1v) is 8.25. The van der Waals surface area contributed by atoms with Gasteiger partial charge in [-0.05, 0) is 24.8 Å². The number of hydrogen-bond acceptors (Lipinski definition) is 5. The number of rotatable bonds is 7. The lowest BCUT2D eigenvalue weighted by atomic mass is 10.2. The minimum atomic E-state index is -3.73. The number of primary sulfonamides is 1. The second kappa shape index (κ2) is 6.44. The third-order valence-corrected chi connectivity index (χ3v) is 3.86. The van der Waals surface area contributed by atoms with Gasteiger partial charge in [0.1, 0.15) is 5.76 Å². The van der Waals surface area contributed by atoms with E-state index in [1.54, 1.807) is 17.8 Å². The highest BCUT2D eigenvalue weighted by Gasteiger charge is 2.13. The van der Waals surface area contributed by atoms with Crippen molar-refractivity contribution < 1.29 is 12.8 Å². The Morgan fingerprint density at radius 2 is 2.24 bits per heavy atom. The van der Waals surface area contributed by atoms with Gasteiger partial charge in [0.05, 0.1) is 6.54 Å². The maximum atomic E-state index is 11.0. The van der Waals surface area contributed by atoms with E-state index in [0.29, 0.717) is 18.3 Å². The highest BCUT2D eigenvalue weighted by molar-refractivity contribution is 7.98. The molecule has 1 rings (SSSR count). The Balaban J connectivity index is 2.55. The van der Waals surface area contributed by atoms with E-state index in [2.05, 4.69) is 18.5 Å². The van der Waals surface area contributed by atoms with E-state index >= 15 is 0 Å². The molecular weight excluding hydrogens is 260 g/mol. The van der Waals surface area contributed by atoms with Gasteiger partial charge in [0, 0.05) is 11.8 Å². The molecule has 7 heteroatoms. The van der Waals surface area contributed by atoms with Crippen LogP contribution in [-0.4, -0.2) is 26.5 Å². The summed E-state index contributed by atoms with van der Waals surface area (Å²) in [6, 6.07) is 3.40. The maximum Gasteiger partial charge on any atom is 0.271 e. The predicted molar refractivity (Wildman–Crippen MR) is 69.4 cm³/mol. The minimum Gasteiger partial charge on any atom is -0.447 e. The van der Waals surface area contributed by atoms with E-state index < -0.39 is 10.0 Å². The molecule has 0 aliphatic carbocycles. The van der Waals surface area contributed by atoms with Gasteiger partial charge in [-0.2, -0.15) is 11.8 Å². The van der Waals surface area contributed by atoms with Crippen molar-refractivity contribution >= 4 is 21.8 Å². The summed E-state index contributed by atoms with van der Waals surface area (Å²) >= 11 is 1.77. The van der Waals surface area contributed by atoms with Crippen molar-refractivity contribution in [1.29, 1.82) is 0 Å². The van der Waals surface area contributed by atoms with Gasteiger partial charge in [0.2, 0.25) is 5.09 Å². The van der Waals surface area contributed by atoms with Crippen LogP contribution in [0.25, 0.3) is 0 Å². The summed E-state index contributed by atoms with van der Waals surface area (Å²) in [4.78, 5) is 0. The topological polar surface area (TPSA) is 85.3 Å². The molecule has 1 unspecified atom stereocenters. The normalized spacial score (nSPS) is 13.8. The van der Waals surface area contributed by atoms with Crippen LogP contribution in [0.4, 0.5) is 0 Å². The van der Waals surface area contributed by atoms with Crippen LogP contribution in [0.2, 0.25) is 0 Å². The lowest BCUT2D eigenvalue weighted by Gasteiger charge is -2.14. The van der Waals surface area contributed by atoms with E-state index in [0.717, 1.165) is 12.2 Å². The van der Waals surface area contributed by atoms with Gasteiger partial charge in [0.25, 0.3) is 10.0 Å². The average molecular weight is 278 g/mol. The molecule has 0 spiro atoms. The van der Waals surface area contributed by atoms with E-state index in [1.807, 2.05) is 0 Å². The molecule has 0 fully saturated rings. The molecule has 0 saturated heterocycles. The Labute approximate surface area is 106 Å². The number of nitrogens with two attached hydrogens (primary N) is 1. The number of nitrogens with one attached hydrogen (secondary N) is 1. The maximum absolute atomic E-state index is 11.0. The van der Waals surface area contributed by atoms with Crippen LogP contribution < -0.4 is 10.5 Å². The lowest BCUT2D eigenvalue weighted by molar-refractivity contribution is 0.391. The largest absolute Gasteiger partial charge is 0.447 e. The van der Waals surface area contributed by atoms with Crippen molar-refractivity contribution in [2.45, 2.75) is 31.0 Å². The molecule has 1 atom stereocenters. The van der Waals surface area contributed by atoms with Gasteiger partial charge >= 0.3 is 0 Å². The summed E-state index contributed by atoms with van der Waals surface area (Å²) in [5.41, 5.74) is 0. The van der Waals surface area contributed by atoms with Crippen molar-refractivity contribution in [3.8, 4) is 0 Å². The van der Waals surface area contributed by atoms with Gasteiger partial charge in [-0.1, -0.05) is 6.92 Å². The fourth-order valence-electron chi connectivity index (χ4n) is 1.37. The fourth-order valence-corrected chi connectivity index (χ4v) is 2.61. The minimum absolute atomic E-state index is 0.188. The van der Waals surface area contributed by atoms with E-state index in [4.69, 9.17) is 9.56 Å². The smallest absolute Gasteiger partial charge is 0.271 e. The molecule has 0 aromatic carbocycles. The van der Waals surface area contributed by atoms with Crippen molar-refractivity contribution in [3.63, 3.8) is 0 Å². The molecule has 1 aromatic rings. The van der Waals surface area contributed by atoms with Gasteiger partial charge < -0.3 is 9.73 Å². The van der Waals surface area contributed by atoms with Crippen LogP contribution in [0.15, 0.2) is 21.6 Å². The van der Waals surface area contributed by atoms with Crippen LogP contribution >= 0.6 is 11.8 Å². The number of thioether (sulfide) groups is 1. The zero-order valence-corrected chi connectivity index (χ0v) is 11.6. The second-order valence-corrected chi connectivity index (χ2v) is 6.11.